The lowest BCUT2D eigenvalue weighted by Crippen LogP contribution is -2.34. The highest BCUT2D eigenvalue weighted by atomic mass is 16.5. The van der Waals surface area contributed by atoms with Crippen molar-refractivity contribution in [2.75, 3.05) is 30.8 Å². The highest BCUT2D eigenvalue weighted by molar-refractivity contribution is 5.69. The molecule has 6 heteroatoms. The molecule has 1 fully saturated rings. The Kier molecular flexibility index (Phi) is 4.54. The molecule has 2 heterocycles. The molecule has 19 heavy (non-hydrogen) atoms. The molecule has 0 unspecified atom stereocenters. The average Bonchev–Trinajstić information content (AvgIpc) is 2.46. The zero-order valence-corrected chi connectivity index (χ0v) is 11.2. The Morgan fingerprint density at radius 2 is 2.16 bits per heavy atom. The monoisotopic (exact) mass is 264 g/mol. The number of hydrogen-bond donors (Lipinski definition) is 1. The van der Waals surface area contributed by atoms with Crippen molar-refractivity contribution in [1.82, 2.24) is 10.2 Å². The first-order valence-corrected chi connectivity index (χ1v) is 6.60. The molecule has 0 radical (unpaired) electrons. The first-order valence-electron chi connectivity index (χ1n) is 6.60. The van der Waals surface area contributed by atoms with Gasteiger partial charge in [0.2, 0.25) is 0 Å². The molecule has 0 atom stereocenters. The maximum atomic E-state index is 11.1. The third-order valence-corrected chi connectivity index (χ3v) is 3.59. The van der Waals surface area contributed by atoms with Crippen LogP contribution in [0.25, 0.3) is 0 Å². The van der Waals surface area contributed by atoms with E-state index >= 15 is 0 Å². The summed E-state index contributed by atoms with van der Waals surface area (Å²) in [5.74, 6) is 1.79. The van der Waals surface area contributed by atoms with Crippen LogP contribution in [0.2, 0.25) is 0 Å². The lowest BCUT2D eigenvalue weighted by atomic mass is 9.92. The van der Waals surface area contributed by atoms with E-state index in [1.54, 1.807) is 6.07 Å². The molecular formula is C13H20N4O2. The first-order chi connectivity index (χ1) is 9.19. The molecule has 0 amide bonds. The summed E-state index contributed by atoms with van der Waals surface area (Å²) in [6.07, 6.45) is 3.57. The Balaban J connectivity index is 1.79. The molecule has 6 nitrogen and oxygen atoms in total. The van der Waals surface area contributed by atoms with Crippen molar-refractivity contribution < 1.29 is 9.53 Å². The van der Waals surface area contributed by atoms with Gasteiger partial charge in [-0.2, -0.15) is 0 Å². The van der Waals surface area contributed by atoms with Gasteiger partial charge in [0.15, 0.2) is 5.82 Å². The molecule has 1 aromatic heterocycles. The van der Waals surface area contributed by atoms with E-state index in [1.807, 2.05) is 6.07 Å². The number of anilines is 2. The second kappa shape index (κ2) is 6.36. The predicted molar refractivity (Wildman–Crippen MR) is 72.6 cm³/mol. The van der Waals surface area contributed by atoms with Crippen molar-refractivity contribution in [3.05, 3.63) is 12.1 Å². The number of nitrogens with two attached hydrogens (primary N) is 1. The second-order valence-electron chi connectivity index (χ2n) is 4.86. The van der Waals surface area contributed by atoms with Gasteiger partial charge >= 0.3 is 5.97 Å². The second-order valence-corrected chi connectivity index (χ2v) is 4.86. The molecule has 1 aromatic rings. The van der Waals surface area contributed by atoms with Crippen molar-refractivity contribution in [1.29, 1.82) is 0 Å². The first kappa shape index (κ1) is 13.6. The summed E-state index contributed by atoms with van der Waals surface area (Å²) in [5, 5.41) is 7.96. The number of methoxy groups -OCH3 is 1. The van der Waals surface area contributed by atoms with E-state index in [-0.39, 0.29) is 5.97 Å². The highest BCUT2D eigenvalue weighted by Gasteiger charge is 2.21. The number of hydrogen-bond acceptors (Lipinski definition) is 6. The average molecular weight is 264 g/mol. The molecule has 1 aliphatic heterocycles. The molecular weight excluding hydrogens is 244 g/mol. The van der Waals surface area contributed by atoms with Crippen LogP contribution in [0, 0.1) is 5.92 Å². The number of aromatic nitrogens is 2. The third-order valence-electron chi connectivity index (χ3n) is 3.59. The zero-order chi connectivity index (χ0) is 13.7. The van der Waals surface area contributed by atoms with Crippen molar-refractivity contribution in [2.24, 2.45) is 5.92 Å². The minimum absolute atomic E-state index is 0.119. The maximum absolute atomic E-state index is 11.1. The van der Waals surface area contributed by atoms with Gasteiger partial charge in [0.05, 0.1) is 7.11 Å². The summed E-state index contributed by atoms with van der Waals surface area (Å²) in [6, 6.07) is 3.67. The van der Waals surface area contributed by atoms with Crippen molar-refractivity contribution in [2.45, 2.75) is 25.7 Å². The highest BCUT2D eigenvalue weighted by Crippen LogP contribution is 2.24. The smallest absolute Gasteiger partial charge is 0.305 e. The number of nitrogen functional groups attached to an aromatic ring is 1. The zero-order valence-electron chi connectivity index (χ0n) is 11.2. The van der Waals surface area contributed by atoms with Gasteiger partial charge in [0.25, 0.3) is 0 Å². The fraction of sp³-hybridized carbons (Fsp3) is 0.615. The number of rotatable bonds is 4. The summed E-state index contributed by atoms with van der Waals surface area (Å²) < 4.78 is 4.66. The predicted octanol–water partition coefficient (Wildman–Crippen LogP) is 1.23. The summed E-state index contributed by atoms with van der Waals surface area (Å²) in [4.78, 5) is 13.3. The van der Waals surface area contributed by atoms with Crippen LogP contribution < -0.4 is 10.6 Å². The number of carbonyl (C=O) groups excluding carboxylic acids is 1. The summed E-state index contributed by atoms with van der Waals surface area (Å²) in [5.41, 5.74) is 5.52. The maximum Gasteiger partial charge on any atom is 0.305 e. The number of carbonyl (C=O) groups is 1. The topological polar surface area (TPSA) is 81.3 Å². The van der Waals surface area contributed by atoms with E-state index in [9.17, 15) is 4.79 Å². The van der Waals surface area contributed by atoms with Crippen molar-refractivity contribution in [3.8, 4) is 0 Å². The van der Waals surface area contributed by atoms with Gasteiger partial charge < -0.3 is 15.4 Å². The molecule has 2 N–H and O–H groups in total. The van der Waals surface area contributed by atoms with Gasteiger partial charge in [-0.15, -0.1) is 10.2 Å². The van der Waals surface area contributed by atoms with Gasteiger partial charge in [-0.25, -0.2) is 0 Å². The standard InChI is InChI=1S/C13H20N4O2/c1-19-13(18)5-2-10-6-8-17(9-7-10)12-4-3-11(14)15-16-12/h3-4,10H,2,5-9H2,1H3,(H2,14,15). The molecule has 0 aliphatic carbocycles. The Bertz CT molecular complexity index is 413. The molecule has 2 rings (SSSR count). The summed E-state index contributed by atoms with van der Waals surface area (Å²) in [7, 11) is 1.44. The fourth-order valence-corrected chi connectivity index (χ4v) is 2.38. The van der Waals surface area contributed by atoms with Gasteiger partial charge in [-0.3, -0.25) is 4.79 Å². The van der Waals surface area contributed by atoms with E-state index in [1.165, 1.54) is 7.11 Å². The molecule has 1 aliphatic rings. The molecule has 104 valence electrons. The largest absolute Gasteiger partial charge is 0.469 e. The van der Waals surface area contributed by atoms with E-state index in [0.29, 0.717) is 18.2 Å². The normalized spacial score (nSPS) is 16.4. The Morgan fingerprint density at radius 1 is 1.42 bits per heavy atom. The molecule has 0 saturated carbocycles. The molecule has 0 aromatic carbocycles. The minimum atomic E-state index is -0.119. The Morgan fingerprint density at radius 3 is 2.74 bits per heavy atom. The number of piperidine rings is 1. The molecule has 1 saturated heterocycles. The lowest BCUT2D eigenvalue weighted by molar-refractivity contribution is -0.141. The molecule has 0 bridgehead atoms. The summed E-state index contributed by atoms with van der Waals surface area (Å²) >= 11 is 0. The van der Waals surface area contributed by atoms with Crippen LogP contribution in [0.4, 0.5) is 11.6 Å². The number of ether oxygens (including phenoxy) is 1. The van der Waals surface area contributed by atoms with E-state index in [2.05, 4.69) is 19.8 Å². The van der Waals surface area contributed by atoms with Crippen LogP contribution in [0.3, 0.4) is 0 Å². The van der Waals surface area contributed by atoms with Crippen molar-refractivity contribution in [3.63, 3.8) is 0 Å². The van der Waals surface area contributed by atoms with Crippen LogP contribution in [-0.4, -0.2) is 36.4 Å². The van der Waals surface area contributed by atoms with Gasteiger partial charge in [-0.05, 0) is 37.3 Å². The minimum Gasteiger partial charge on any atom is -0.469 e. The number of esters is 1. The van der Waals surface area contributed by atoms with Crippen molar-refractivity contribution >= 4 is 17.6 Å². The summed E-state index contributed by atoms with van der Waals surface area (Å²) in [6.45, 7) is 1.90. The quantitative estimate of drug-likeness (QED) is 0.824. The Labute approximate surface area is 112 Å². The molecule has 0 spiro atoms. The Hall–Kier alpha value is -1.85. The van der Waals surface area contributed by atoms with E-state index < -0.39 is 0 Å². The third kappa shape index (κ3) is 3.81. The van der Waals surface area contributed by atoms with E-state index in [4.69, 9.17) is 5.73 Å². The van der Waals surface area contributed by atoms with Gasteiger partial charge in [0.1, 0.15) is 5.82 Å². The fourth-order valence-electron chi connectivity index (χ4n) is 2.38. The van der Waals surface area contributed by atoms with Crippen LogP contribution in [0.1, 0.15) is 25.7 Å². The number of nitrogens with zero attached hydrogens (tertiary/aromatic N) is 3. The van der Waals surface area contributed by atoms with Crippen LogP contribution in [-0.2, 0) is 9.53 Å². The van der Waals surface area contributed by atoms with Crippen LogP contribution in [0.5, 0.6) is 0 Å². The lowest BCUT2D eigenvalue weighted by Gasteiger charge is -2.32. The van der Waals surface area contributed by atoms with Gasteiger partial charge in [-0.1, -0.05) is 0 Å². The van der Waals surface area contributed by atoms with Gasteiger partial charge in [0, 0.05) is 19.5 Å². The van der Waals surface area contributed by atoms with Crippen LogP contribution in [0.15, 0.2) is 12.1 Å². The van der Waals surface area contributed by atoms with Crippen LogP contribution >= 0.6 is 0 Å². The SMILES string of the molecule is COC(=O)CCC1CCN(c2ccc(N)nn2)CC1. The van der Waals surface area contributed by atoms with E-state index in [0.717, 1.165) is 38.2 Å².